The van der Waals surface area contributed by atoms with E-state index in [2.05, 4.69) is 22.4 Å². The fourth-order valence-electron chi connectivity index (χ4n) is 2.24. The molecule has 2 heterocycles. The van der Waals surface area contributed by atoms with Crippen LogP contribution in [0.25, 0.3) is 10.8 Å². The summed E-state index contributed by atoms with van der Waals surface area (Å²) in [6, 6.07) is 8.22. The summed E-state index contributed by atoms with van der Waals surface area (Å²) in [5, 5.41) is 5.69. The zero-order valence-electron chi connectivity index (χ0n) is 9.73. The Labute approximate surface area is 101 Å². The minimum atomic E-state index is 0.357. The molecule has 1 saturated heterocycles. The van der Waals surface area contributed by atoms with Crippen LogP contribution in [-0.2, 0) is 0 Å². The lowest BCUT2D eigenvalue weighted by atomic mass is 10.1. The van der Waals surface area contributed by atoms with Gasteiger partial charge in [-0.3, -0.25) is 4.98 Å². The summed E-state index contributed by atoms with van der Waals surface area (Å²) in [6.45, 7) is 2.12. The predicted octanol–water partition coefficient (Wildman–Crippen LogP) is 2.37. The summed E-state index contributed by atoms with van der Waals surface area (Å²) >= 11 is 0. The highest BCUT2D eigenvalue weighted by Crippen LogP contribution is 2.22. The number of ether oxygens (including phenoxy) is 1. The van der Waals surface area contributed by atoms with Crippen LogP contribution in [0.4, 0.5) is 0 Å². The fourth-order valence-corrected chi connectivity index (χ4v) is 2.24. The van der Waals surface area contributed by atoms with Crippen molar-refractivity contribution in [3.05, 3.63) is 36.7 Å². The van der Waals surface area contributed by atoms with Gasteiger partial charge in [-0.2, -0.15) is 0 Å². The second-order valence-corrected chi connectivity index (χ2v) is 4.45. The van der Waals surface area contributed by atoms with E-state index in [1.165, 1.54) is 5.39 Å². The van der Waals surface area contributed by atoms with Gasteiger partial charge in [-0.1, -0.05) is 0 Å². The SMILES string of the molecule is c1cc2cc(OC3CCNCC3)ccc2cn1. The molecular weight excluding hydrogens is 212 g/mol. The molecule has 1 fully saturated rings. The smallest absolute Gasteiger partial charge is 0.120 e. The average Bonchev–Trinajstić information content (AvgIpc) is 2.40. The Morgan fingerprint density at radius 2 is 2.00 bits per heavy atom. The largest absolute Gasteiger partial charge is 0.490 e. The molecule has 0 radical (unpaired) electrons. The number of hydrogen-bond acceptors (Lipinski definition) is 3. The average molecular weight is 228 g/mol. The lowest BCUT2D eigenvalue weighted by Gasteiger charge is -2.23. The molecule has 3 heteroatoms. The lowest BCUT2D eigenvalue weighted by Crippen LogP contribution is -2.34. The number of fused-ring (bicyclic) bond motifs is 1. The maximum atomic E-state index is 6.00. The predicted molar refractivity (Wildman–Crippen MR) is 68.3 cm³/mol. The maximum Gasteiger partial charge on any atom is 0.120 e. The molecule has 0 bridgehead atoms. The zero-order valence-corrected chi connectivity index (χ0v) is 9.73. The molecule has 17 heavy (non-hydrogen) atoms. The van der Waals surface area contributed by atoms with E-state index in [1.54, 1.807) is 0 Å². The first kappa shape index (κ1) is 10.5. The van der Waals surface area contributed by atoms with Crippen LogP contribution in [0, 0.1) is 0 Å². The van der Waals surface area contributed by atoms with Crippen LogP contribution in [0.2, 0.25) is 0 Å². The number of piperidine rings is 1. The van der Waals surface area contributed by atoms with Gasteiger partial charge in [-0.15, -0.1) is 0 Å². The molecule has 3 nitrogen and oxygen atoms in total. The standard InChI is InChI=1S/C14H16N2O/c1-2-14(17-13-4-7-15-8-5-13)9-11-3-6-16-10-12(1)11/h1-3,6,9-10,13,15H,4-5,7-8H2. The van der Waals surface area contributed by atoms with Crippen molar-refractivity contribution >= 4 is 10.8 Å². The van der Waals surface area contributed by atoms with E-state index >= 15 is 0 Å². The van der Waals surface area contributed by atoms with Gasteiger partial charge in [0.2, 0.25) is 0 Å². The van der Waals surface area contributed by atoms with Gasteiger partial charge < -0.3 is 10.1 Å². The van der Waals surface area contributed by atoms with Crippen molar-refractivity contribution in [1.29, 1.82) is 0 Å². The second-order valence-electron chi connectivity index (χ2n) is 4.45. The van der Waals surface area contributed by atoms with Crippen molar-refractivity contribution in [2.75, 3.05) is 13.1 Å². The number of rotatable bonds is 2. The van der Waals surface area contributed by atoms with Crippen molar-refractivity contribution in [2.24, 2.45) is 0 Å². The highest BCUT2D eigenvalue weighted by Gasteiger charge is 2.14. The molecule has 1 aliphatic heterocycles. The van der Waals surface area contributed by atoms with Gasteiger partial charge in [-0.25, -0.2) is 0 Å². The van der Waals surface area contributed by atoms with E-state index in [9.17, 15) is 0 Å². The van der Waals surface area contributed by atoms with E-state index < -0.39 is 0 Å². The number of hydrogen-bond donors (Lipinski definition) is 1. The van der Waals surface area contributed by atoms with Crippen molar-refractivity contribution in [2.45, 2.75) is 18.9 Å². The van der Waals surface area contributed by atoms with Crippen molar-refractivity contribution in [3.63, 3.8) is 0 Å². The zero-order chi connectivity index (χ0) is 11.5. The molecule has 88 valence electrons. The third-order valence-electron chi connectivity index (χ3n) is 3.20. The highest BCUT2D eigenvalue weighted by molar-refractivity contribution is 5.82. The van der Waals surface area contributed by atoms with Crippen LogP contribution < -0.4 is 10.1 Å². The lowest BCUT2D eigenvalue weighted by molar-refractivity contribution is 0.162. The Bertz CT molecular complexity index is 506. The number of pyridine rings is 1. The quantitative estimate of drug-likeness (QED) is 0.856. The molecule has 0 atom stereocenters. The van der Waals surface area contributed by atoms with E-state index in [0.29, 0.717) is 6.10 Å². The normalized spacial score (nSPS) is 17.2. The molecule has 1 aromatic heterocycles. The summed E-state index contributed by atoms with van der Waals surface area (Å²) in [6.07, 6.45) is 6.24. The second kappa shape index (κ2) is 4.72. The molecule has 0 amide bonds. The minimum Gasteiger partial charge on any atom is -0.490 e. The Morgan fingerprint density at radius 3 is 2.88 bits per heavy atom. The van der Waals surface area contributed by atoms with Crippen molar-refractivity contribution in [1.82, 2.24) is 10.3 Å². The van der Waals surface area contributed by atoms with Crippen LogP contribution in [0.3, 0.4) is 0 Å². The minimum absolute atomic E-state index is 0.357. The molecule has 1 aliphatic rings. The van der Waals surface area contributed by atoms with Crippen molar-refractivity contribution < 1.29 is 4.74 Å². The third-order valence-corrected chi connectivity index (χ3v) is 3.20. The Balaban J connectivity index is 1.80. The first-order valence-electron chi connectivity index (χ1n) is 6.13. The molecule has 1 aromatic carbocycles. The first-order chi connectivity index (χ1) is 8.42. The van der Waals surface area contributed by atoms with Gasteiger partial charge in [0, 0.05) is 17.8 Å². The Hall–Kier alpha value is -1.61. The van der Waals surface area contributed by atoms with Gasteiger partial charge in [-0.05, 0) is 55.6 Å². The van der Waals surface area contributed by atoms with E-state index in [0.717, 1.165) is 37.1 Å². The number of benzene rings is 1. The van der Waals surface area contributed by atoms with Crippen LogP contribution in [0.1, 0.15) is 12.8 Å². The highest BCUT2D eigenvalue weighted by atomic mass is 16.5. The van der Waals surface area contributed by atoms with Gasteiger partial charge in [0.15, 0.2) is 0 Å². The van der Waals surface area contributed by atoms with Crippen LogP contribution in [0.15, 0.2) is 36.7 Å². The van der Waals surface area contributed by atoms with Crippen LogP contribution >= 0.6 is 0 Å². The topological polar surface area (TPSA) is 34.1 Å². The van der Waals surface area contributed by atoms with E-state index in [4.69, 9.17) is 4.74 Å². The first-order valence-corrected chi connectivity index (χ1v) is 6.13. The summed E-state index contributed by atoms with van der Waals surface area (Å²) < 4.78 is 6.00. The van der Waals surface area contributed by atoms with E-state index in [-0.39, 0.29) is 0 Å². The number of nitrogens with zero attached hydrogens (tertiary/aromatic N) is 1. The number of aromatic nitrogens is 1. The number of nitrogens with one attached hydrogen (secondary N) is 1. The third kappa shape index (κ3) is 2.39. The molecule has 0 unspecified atom stereocenters. The van der Waals surface area contributed by atoms with Gasteiger partial charge in [0.25, 0.3) is 0 Å². The molecule has 3 rings (SSSR count). The molecule has 0 saturated carbocycles. The van der Waals surface area contributed by atoms with Crippen LogP contribution in [0.5, 0.6) is 5.75 Å². The van der Waals surface area contributed by atoms with Gasteiger partial charge in [0.1, 0.15) is 11.9 Å². The summed E-state index contributed by atoms with van der Waals surface area (Å²) in [7, 11) is 0. The maximum absolute atomic E-state index is 6.00. The monoisotopic (exact) mass is 228 g/mol. The molecular formula is C14H16N2O. The molecule has 2 aromatic rings. The van der Waals surface area contributed by atoms with Gasteiger partial charge in [0.05, 0.1) is 0 Å². The summed E-state index contributed by atoms with van der Waals surface area (Å²) in [5.41, 5.74) is 0. The van der Waals surface area contributed by atoms with Crippen molar-refractivity contribution in [3.8, 4) is 5.75 Å². The van der Waals surface area contributed by atoms with Crippen LogP contribution in [-0.4, -0.2) is 24.2 Å². The molecule has 1 N–H and O–H groups in total. The summed E-state index contributed by atoms with van der Waals surface area (Å²) in [5.74, 6) is 0.968. The summed E-state index contributed by atoms with van der Waals surface area (Å²) in [4.78, 5) is 4.11. The molecule has 0 aliphatic carbocycles. The Kier molecular flexibility index (Phi) is 2.92. The molecule has 0 spiro atoms. The van der Waals surface area contributed by atoms with E-state index in [1.807, 2.05) is 24.5 Å². The van der Waals surface area contributed by atoms with Gasteiger partial charge >= 0.3 is 0 Å². The fraction of sp³-hybridized carbons (Fsp3) is 0.357. The Morgan fingerprint density at radius 1 is 1.12 bits per heavy atom.